The second-order valence-corrected chi connectivity index (χ2v) is 4.97. The Morgan fingerprint density at radius 1 is 1.11 bits per heavy atom. The molecule has 94 valence electrons. The summed E-state index contributed by atoms with van der Waals surface area (Å²) in [4.78, 5) is 12.4. The van der Waals surface area contributed by atoms with Gasteiger partial charge in [-0.25, -0.2) is 4.68 Å². The molecule has 0 saturated carbocycles. The maximum Gasteiger partial charge on any atom is 0.274 e. The standard InChI is InChI=1S/C14H16N2O2/c1-9-8-10(2)16-14(18)12(13(17)15(9)16)11-6-4-3-5-7-11/h3-7,9-10,17H,8H2,1-2H3/p-1. The van der Waals surface area contributed by atoms with Gasteiger partial charge in [-0.1, -0.05) is 30.3 Å². The maximum absolute atomic E-state index is 12.4. The molecule has 1 aliphatic rings. The fourth-order valence-corrected chi connectivity index (χ4v) is 2.89. The Morgan fingerprint density at radius 3 is 2.33 bits per heavy atom. The third-order valence-electron chi connectivity index (χ3n) is 3.66. The Hall–Kier alpha value is -1.97. The van der Waals surface area contributed by atoms with Gasteiger partial charge < -0.3 is 5.11 Å². The monoisotopic (exact) mass is 243 g/mol. The van der Waals surface area contributed by atoms with Crippen LogP contribution in [0.15, 0.2) is 35.1 Å². The molecule has 0 radical (unpaired) electrons. The van der Waals surface area contributed by atoms with Gasteiger partial charge in [-0.15, -0.1) is 0 Å². The van der Waals surface area contributed by atoms with Gasteiger partial charge in [0.15, 0.2) is 0 Å². The first-order chi connectivity index (χ1) is 8.61. The number of nitrogens with zero attached hydrogens (tertiary/aromatic N) is 2. The quantitative estimate of drug-likeness (QED) is 0.768. The summed E-state index contributed by atoms with van der Waals surface area (Å²) in [6.45, 7) is 3.96. The molecule has 2 heterocycles. The van der Waals surface area contributed by atoms with Crippen LogP contribution in [-0.4, -0.2) is 9.36 Å². The highest BCUT2D eigenvalue weighted by atomic mass is 16.3. The summed E-state index contributed by atoms with van der Waals surface area (Å²) < 4.78 is 3.21. The minimum Gasteiger partial charge on any atom is -0.858 e. The van der Waals surface area contributed by atoms with Crippen molar-refractivity contribution in [3.63, 3.8) is 0 Å². The zero-order valence-corrected chi connectivity index (χ0v) is 10.5. The van der Waals surface area contributed by atoms with Gasteiger partial charge in [0.05, 0.1) is 11.6 Å². The number of hydrogen-bond donors (Lipinski definition) is 0. The maximum atomic E-state index is 12.4. The Balaban J connectivity index is 2.29. The van der Waals surface area contributed by atoms with E-state index >= 15 is 0 Å². The van der Waals surface area contributed by atoms with E-state index in [2.05, 4.69) is 0 Å². The first-order valence-corrected chi connectivity index (χ1v) is 6.20. The molecule has 0 amide bonds. The number of aromatic nitrogens is 2. The van der Waals surface area contributed by atoms with Gasteiger partial charge >= 0.3 is 0 Å². The minimum atomic E-state index is -0.164. The predicted molar refractivity (Wildman–Crippen MR) is 67.6 cm³/mol. The number of hydrogen-bond acceptors (Lipinski definition) is 2. The van der Waals surface area contributed by atoms with Crippen LogP contribution in [0.5, 0.6) is 5.88 Å². The third-order valence-corrected chi connectivity index (χ3v) is 3.66. The SMILES string of the molecule is CC1CC(C)n2c(=O)c(-c3ccccc3)c([O-])n21. The first-order valence-electron chi connectivity index (χ1n) is 6.20. The molecular weight excluding hydrogens is 228 g/mol. The van der Waals surface area contributed by atoms with E-state index in [1.807, 2.05) is 44.2 Å². The van der Waals surface area contributed by atoms with Gasteiger partial charge in [-0.05, 0) is 31.7 Å². The zero-order valence-electron chi connectivity index (χ0n) is 10.5. The van der Waals surface area contributed by atoms with Crippen LogP contribution in [0.1, 0.15) is 32.4 Å². The molecule has 0 aliphatic carbocycles. The van der Waals surface area contributed by atoms with E-state index in [0.29, 0.717) is 11.1 Å². The van der Waals surface area contributed by atoms with Gasteiger partial charge in [0.1, 0.15) is 0 Å². The summed E-state index contributed by atoms with van der Waals surface area (Å²) in [5, 5.41) is 12.4. The number of fused-ring (bicyclic) bond motifs is 1. The average molecular weight is 243 g/mol. The van der Waals surface area contributed by atoms with Crippen LogP contribution in [0.3, 0.4) is 0 Å². The van der Waals surface area contributed by atoms with Crippen LogP contribution >= 0.6 is 0 Å². The summed E-state index contributed by atoms with van der Waals surface area (Å²) in [6, 6.07) is 9.37. The van der Waals surface area contributed by atoms with Crippen LogP contribution in [0.2, 0.25) is 0 Å². The summed E-state index contributed by atoms with van der Waals surface area (Å²) in [5.74, 6) is -0.164. The lowest BCUT2D eigenvalue weighted by molar-refractivity contribution is -0.279. The third kappa shape index (κ3) is 1.35. The molecule has 0 saturated heterocycles. The molecule has 0 spiro atoms. The van der Waals surface area contributed by atoms with Crippen LogP contribution < -0.4 is 10.7 Å². The van der Waals surface area contributed by atoms with Crippen LogP contribution in [0.4, 0.5) is 0 Å². The fourth-order valence-electron chi connectivity index (χ4n) is 2.89. The molecular formula is C14H15N2O2-. The lowest BCUT2D eigenvalue weighted by Gasteiger charge is -2.16. The molecule has 0 N–H and O–H groups in total. The zero-order chi connectivity index (χ0) is 12.9. The molecule has 2 unspecified atom stereocenters. The molecule has 1 aromatic heterocycles. The largest absolute Gasteiger partial charge is 0.858 e. The summed E-state index contributed by atoms with van der Waals surface area (Å²) in [7, 11) is 0. The Labute approximate surface area is 105 Å². The van der Waals surface area contributed by atoms with E-state index in [4.69, 9.17) is 0 Å². The van der Waals surface area contributed by atoms with Gasteiger partial charge in [0, 0.05) is 6.04 Å². The molecule has 3 rings (SSSR count). The van der Waals surface area contributed by atoms with Crippen molar-refractivity contribution in [1.29, 1.82) is 0 Å². The van der Waals surface area contributed by atoms with Crippen molar-refractivity contribution < 1.29 is 5.11 Å². The van der Waals surface area contributed by atoms with Crippen molar-refractivity contribution in [2.75, 3.05) is 0 Å². The van der Waals surface area contributed by atoms with Gasteiger partial charge in [-0.3, -0.25) is 9.48 Å². The highest BCUT2D eigenvalue weighted by Gasteiger charge is 2.28. The Kier molecular flexibility index (Phi) is 2.33. The summed E-state index contributed by atoms with van der Waals surface area (Å²) >= 11 is 0. The van der Waals surface area contributed by atoms with Crippen LogP contribution in [0, 0.1) is 0 Å². The highest BCUT2D eigenvalue weighted by molar-refractivity contribution is 5.67. The molecule has 0 fully saturated rings. The topological polar surface area (TPSA) is 50.0 Å². The lowest BCUT2D eigenvalue weighted by Crippen LogP contribution is -2.20. The van der Waals surface area contributed by atoms with Crippen molar-refractivity contribution in [2.45, 2.75) is 32.4 Å². The molecule has 2 aromatic rings. The molecule has 1 aromatic carbocycles. The van der Waals surface area contributed by atoms with Gasteiger partial charge in [0.2, 0.25) is 0 Å². The second-order valence-electron chi connectivity index (χ2n) is 4.97. The van der Waals surface area contributed by atoms with Crippen LogP contribution in [0.25, 0.3) is 11.1 Å². The predicted octanol–water partition coefficient (Wildman–Crippen LogP) is 1.92. The summed E-state index contributed by atoms with van der Waals surface area (Å²) in [5.41, 5.74) is 0.846. The van der Waals surface area contributed by atoms with E-state index in [1.165, 1.54) is 0 Å². The number of rotatable bonds is 1. The van der Waals surface area contributed by atoms with E-state index in [9.17, 15) is 9.90 Å². The smallest absolute Gasteiger partial charge is 0.274 e. The van der Waals surface area contributed by atoms with Gasteiger partial charge in [0.25, 0.3) is 5.56 Å². The van der Waals surface area contributed by atoms with Crippen molar-refractivity contribution in [3.8, 4) is 17.0 Å². The number of benzene rings is 1. The molecule has 0 bridgehead atoms. The van der Waals surface area contributed by atoms with Crippen molar-refractivity contribution in [3.05, 3.63) is 40.7 Å². The normalized spacial score (nSPS) is 22.1. The first kappa shape index (κ1) is 11.1. The van der Waals surface area contributed by atoms with E-state index in [-0.39, 0.29) is 23.5 Å². The van der Waals surface area contributed by atoms with Crippen molar-refractivity contribution in [1.82, 2.24) is 9.36 Å². The van der Waals surface area contributed by atoms with Crippen LogP contribution in [-0.2, 0) is 0 Å². The average Bonchev–Trinajstić information content (AvgIpc) is 2.79. The molecule has 1 aliphatic heterocycles. The molecule has 18 heavy (non-hydrogen) atoms. The van der Waals surface area contributed by atoms with Gasteiger partial charge in [-0.2, -0.15) is 0 Å². The second kappa shape index (κ2) is 3.77. The minimum absolute atomic E-state index is 0.0951. The van der Waals surface area contributed by atoms with E-state index < -0.39 is 0 Å². The Morgan fingerprint density at radius 2 is 1.72 bits per heavy atom. The molecule has 2 atom stereocenters. The van der Waals surface area contributed by atoms with E-state index in [0.717, 1.165) is 6.42 Å². The highest BCUT2D eigenvalue weighted by Crippen LogP contribution is 2.36. The van der Waals surface area contributed by atoms with E-state index in [1.54, 1.807) is 9.36 Å². The van der Waals surface area contributed by atoms with Crippen molar-refractivity contribution in [2.24, 2.45) is 0 Å². The molecule has 4 heteroatoms. The lowest BCUT2D eigenvalue weighted by atomic mass is 10.1. The Bertz CT molecular complexity index is 640. The van der Waals surface area contributed by atoms with Crippen molar-refractivity contribution >= 4 is 0 Å². The summed E-state index contributed by atoms with van der Waals surface area (Å²) in [6.07, 6.45) is 0.847. The molecule has 4 nitrogen and oxygen atoms in total. The fraction of sp³-hybridized carbons (Fsp3) is 0.357.